The van der Waals surface area contributed by atoms with Crippen molar-refractivity contribution in [3.8, 4) is 0 Å². The van der Waals surface area contributed by atoms with Gasteiger partial charge in [-0.2, -0.15) is 11.8 Å². The minimum atomic E-state index is 0.719. The Labute approximate surface area is 107 Å². The third-order valence-electron chi connectivity index (χ3n) is 3.07. The molecule has 1 aromatic heterocycles. The number of thioether (sulfide) groups is 1. The van der Waals surface area contributed by atoms with Crippen LogP contribution in [0, 0.1) is 0 Å². The van der Waals surface area contributed by atoms with Crippen molar-refractivity contribution in [3.05, 3.63) is 36.0 Å². The van der Waals surface area contributed by atoms with Crippen LogP contribution in [0.3, 0.4) is 0 Å². The fraction of sp³-hybridized carbons (Fsp3) is 0.429. The van der Waals surface area contributed by atoms with Gasteiger partial charge in [-0.05, 0) is 49.1 Å². The van der Waals surface area contributed by atoms with Crippen molar-refractivity contribution in [2.75, 3.05) is 18.6 Å². The number of hydrogen-bond acceptors (Lipinski definition) is 2. The minimum Gasteiger partial charge on any atom is -0.347 e. The Morgan fingerprint density at radius 3 is 2.94 bits per heavy atom. The molecule has 17 heavy (non-hydrogen) atoms. The zero-order valence-corrected chi connectivity index (χ0v) is 11.2. The molecule has 3 heteroatoms. The molecule has 0 saturated carbocycles. The Hall–Kier alpha value is -0.930. The average molecular weight is 248 g/mol. The monoisotopic (exact) mass is 248 g/mol. The van der Waals surface area contributed by atoms with Gasteiger partial charge in [-0.25, -0.2) is 0 Å². The summed E-state index contributed by atoms with van der Waals surface area (Å²) in [6, 6.07) is 8.74. The molecule has 0 atom stereocenters. The lowest BCUT2D eigenvalue weighted by Gasteiger charge is -2.06. The first kappa shape index (κ1) is 12.5. The van der Waals surface area contributed by atoms with E-state index in [9.17, 15) is 0 Å². The summed E-state index contributed by atoms with van der Waals surface area (Å²) in [5.74, 6) is 1.22. The van der Waals surface area contributed by atoms with Crippen molar-refractivity contribution in [3.63, 3.8) is 0 Å². The highest BCUT2D eigenvalue weighted by Gasteiger charge is 2.04. The molecule has 0 aliphatic rings. The molecule has 0 fully saturated rings. The number of hydrogen-bond donors (Lipinski definition) is 1. The van der Waals surface area contributed by atoms with Crippen LogP contribution in [0.2, 0.25) is 0 Å². The molecule has 0 bridgehead atoms. The fourth-order valence-corrected chi connectivity index (χ4v) is 2.65. The first-order chi connectivity index (χ1) is 8.36. The van der Waals surface area contributed by atoms with Gasteiger partial charge in [-0.3, -0.25) is 0 Å². The molecule has 2 aromatic rings. The van der Waals surface area contributed by atoms with Gasteiger partial charge in [-0.15, -0.1) is 0 Å². The standard InChI is InChI=1S/C14H20N2S/c1-17-11-3-9-16-10-7-13-12(6-8-15)4-2-5-14(13)16/h2,4-5,7,10H,3,6,8-9,11,15H2,1H3. The van der Waals surface area contributed by atoms with Crippen LogP contribution in [0.5, 0.6) is 0 Å². The van der Waals surface area contributed by atoms with E-state index >= 15 is 0 Å². The Bertz CT molecular complexity index is 476. The predicted octanol–water partition coefficient (Wildman–Crippen LogP) is 2.90. The summed E-state index contributed by atoms with van der Waals surface area (Å²) in [6.07, 6.45) is 6.55. The van der Waals surface area contributed by atoms with Gasteiger partial charge in [0, 0.05) is 23.6 Å². The van der Waals surface area contributed by atoms with Gasteiger partial charge in [-0.1, -0.05) is 12.1 Å². The van der Waals surface area contributed by atoms with Crippen LogP contribution in [0.25, 0.3) is 10.9 Å². The lowest BCUT2D eigenvalue weighted by atomic mass is 10.1. The van der Waals surface area contributed by atoms with E-state index in [0.29, 0.717) is 0 Å². The molecule has 0 amide bonds. The highest BCUT2D eigenvalue weighted by molar-refractivity contribution is 7.98. The molecule has 2 N–H and O–H groups in total. The largest absolute Gasteiger partial charge is 0.347 e. The first-order valence-corrected chi connectivity index (χ1v) is 7.52. The third-order valence-corrected chi connectivity index (χ3v) is 3.76. The molecule has 0 aliphatic carbocycles. The second-order valence-corrected chi connectivity index (χ2v) is 5.23. The lowest BCUT2D eigenvalue weighted by molar-refractivity contribution is 0.709. The van der Waals surface area contributed by atoms with Gasteiger partial charge < -0.3 is 10.3 Å². The van der Waals surface area contributed by atoms with E-state index in [2.05, 4.69) is 41.3 Å². The highest BCUT2D eigenvalue weighted by Crippen LogP contribution is 2.21. The predicted molar refractivity (Wildman–Crippen MR) is 77.7 cm³/mol. The Morgan fingerprint density at radius 2 is 2.18 bits per heavy atom. The maximum atomic E-state index is 5.65. The van der Waals surface area contributed by atoms with Crippen molar-refractivity contribution >= 4 is 22.7 Å². The molecular formula is C14H20N2S. The molecule has 2 rings (SSSR count). The van der Waals surface area contributed by atoms with Crippen molar-refractivity contribution in [2.45, 2.75) is 19.4 Å². The van der Waals surface area contributed by atoms with E-state index in [1.54, 1.807) is 0 Å². The molecule has 2 nitrogen and oxygen atoms in total. The van der Waals surface area contributed by atoms with E-state index in [0.717, 1.165) is 19.5 Å². The average Bonchev–Trinajstić information content (AvgIpc) is 2.75. The van der Waals surface area contributed by atoms with E-state index in [-0.39, 0.29) is 0 Å². The van der Waals surface area contributed by atoms with Crippen LogP contribution < -0.4 is 5.73 Å². The summed E-state index contributed by atoms with van der Waals surface area (Å²) in [5.41, 5.74) is 8.36. The lowest BCUT2D eigenvalue weighted by Crippen LogP contribution is -2.03. The number of nitrogens with zero attached hydrogens (tertiary/aromatic N) is 1. The second-order valence-electron chi connectivity index (χ2n) is 4.24. The van der Waals surface area contributed by atoms with Crippen LogP contribution in [0.4, 0.5) is 0 Å². The van der Waals surface area contributed by atoms with Crippen LogP contribution in [0.15, 0.2) is 30.5 Å². The fourth-order valence-electron chi connectivity index (χ4n) is 2.23. The van der Waals surface area contributed by atoms with E-state index in [4.69, 9.17) is 5.73 Å². The maximum absolute atomic E-state index is 5.65. The van der Waals surface area contributed by atoms with E-state index < -0.39 is 0 Å². The summed E-state index contributed by atoms with van der Waals surface area (Å²) in [5, 5.41) is 1.36. The zero-order valence-electron chi connectivity index (χ0n) is 10.4. The Balaban J connectivity index is 2.24. The summed E-state index contributed by atoms with van der Waals surface area (Å²) in [6.45, 7) is 1.83. The molecule has 0 spiro atoms. The molecule has 0 unspecified atom stereocenters. The minimum absolute atomic E-state index is 0.719. The topological polar surface area (TPSA) is 30.9 Å². The number of benzene rings is 1. The summed E-state index contributed by atoms with van der Waals surface area (Å²) in [4.78, 5) is 0. The van der Waals surface area contributed by atoms with Crippen molar-refractivity contribution < 1.29 is 0 Å². The van der Waals surface area contributed by atoms with Crippen LogP contribution in [-0.4, -0.2) is 23.1 Å². The number of nitrogens with two attached hydrogens (primary N) is 1. The quantitative estimate of drug-likeness (QED) is 0.797. The number of aryl methyl sites for hydroxylation is 1. The maximum Gasteiger partial charge on any atom is 0.0483 e. The molecule has 1 heterocycles. The number of aromatic nitrogens is 1. The Morgan fingerprint density at radius 1 is 1.29 bits per heavy atom. The zero-order chi connectivity index (χ0) is 12.1. The summed E-state index contributed by atoms with van der Waals surface area (Å²) < 4.78 is 2.35. The Kier molecular flexibility index (Phi) is 4.51. The van der Waals surface area contributed by atoms with Gasteiger partial charge in [0.15, 0.2) is 0 Å². The van der Waals surface area contributed by atoms with Gasteiger partial charge >= 0.3 is 0 Å². The number of rotatable bonds is 6. The van der Waals surface area contributed by atoms with Crippen molar-refractivity contribution in [1.82, 2.24) is 4.57 Å². The van der Waals surface area contributed by atoms with Crippen LogP contribution in [0.1, 0.15) is 12.0 Å². The first-order valence-electron chi connectivity index (χ1n) is 6.12. The van der Waals surface area contributed by atoms with Gasteiger partial charge in [0.1, 0.15) is 0 Å². The van der Waals surface area contributed by atoms with Gasteiger partial charge in [0.2, 0.25) is 0 Å². The number of fused-ring (bicyclic) bond motifs is 1. The normalized spacial score (nSPS) is 11.2. The SMILES string of the molecule is CSCCCn1ccc2c(CCN)cccc21. The van der Waals surface area contributed by atoms with Gasteiger partial charge in [0.25, 0.3) is 0 Å². The highest BCUT2D eigenvalue weighted by atomic mass is 32.2. The summed E-state index contributed by atoms with van der Waals surface area (Å²) in [7, 11) is 0. The molecule has 92 valence electrons. The molecule has 1 aromatic carbocycles. The second kappa shape index (κ2) is 6.12. The molecule has 0 aliphatic heterocycles. The van der Waals surface area contributed by atoms with Crippen molar-refractivity contribution in [1.29, 1.82) is 0 Å². The van der Waals surface area contributed by atoms with Crippen LogP contribution >= 0.6 is 11.8 Å². The van der Waals surface area contributed by atoms with Crippen LogP contribution in [-0.2, 0) is 13.0 Å². The van der Waals surface area contributed by atoms with E-state index in [1.807, 2.05) is 11.8 Å². The smallest absolute Gasteiger partial charge is 0.0483 e. The van der Waals surface area contributed by atoms with Crippen molar-refractivity contribution in [2.24, 2.45) is 5.73 Å². The molecule has 0 radical (unpaired) electrons. The molecule has 0 saturated heterocycles. The van der Waals surface area contributed by atoms with E-state index in [1.165, 1.54) is 28.6 Å². The summed E-state index contributed by atoms with van der Waals surface area (Å²) >= 11 is 1.91. The molecular weight excluding hydrogens is 228 g/mol. The third kappa shape index (κ3) is 2.85. The van der Waals surface area contributed by atoms with Gasteiger partial charge in [0.05, 0.1) is 0 Å².